The molecule has 1 N–H and O–H groups in total. The minimum atomic E-state index is 0.552. The molecule has 1 aromatic carbocycles. The summed E-state index contributed by atoms with van der Waals surface area (Å²) in [6, 6.07) is 14.5. The van der Waals surface area contributed by atoms with Crippen LogP contribution in [0.1, 0.15) is 30.3 Å². The summed E-state index contributed by atoms with van der Waals surface area (Å²) < 4.78 is 2.32. The fourth-order valence-corrected chi connectivity index (χ4v) is 2.76. The van der Waals surface area contributed by atoms with Gasteiger partial charge in [0.1, 0.15) is 17.7 Å². The number of nitrogens with one attached hydrogen (secondary N) is 1. The second kappa shape index (κ2) is 5.15. The Morgan fingerprint density at radius 2 is 2.09 bits per heavy atom. The van der Waals surface area contributed by atoms with Crippen LogP contribution in [0.5, 0.6) is 0 Å². The van der Waals surface area contributed by atoms with Crippen molar-refractivity contribution in [3.8, 4) is 6.07 Å². The van der Waals surface area contributed by atoms with Crippen LogP contribution in [-0.2, 0) is 6.54 Å². The third-order valence-corrected chi connectivity index (χ3v) is 3.92. The molecule has 5 nitrogen and oxygen atoms in total. The number of para-hydroxylation sites is 2. The predicted molar refractivity (Wildman–Crippen MR) is 84.3 cm³/mol. The van der Waals surface area contributed by atoms with E-state index in [-0.39, 0.29) is 0 Å². The van der Waals surface area contributed by atoms with Gasteiger partial charge in [-0.05, 0) is 37.1 Å². The first kappa shape index (κ1) is 12.8. The van der Waals surface area contributed by atoms with Crippen molar-refractivity contribution in [3.63, 3.8) is 0 Å². The van der Waals surface area contributed by atoms with Crippen molar-refractivity contribution < 1.29 is 0 Å². The maximum absolute atomic E-state index is 9.13. The molecule has 22 heavy (non-hydrogen) atoms. The molecule has 0 aliphatic heterocycles. The summed E-state index contributed by atoms with van der Waals surface area (Å²) in [7, 11) is 0. The van der Waals surface area contributed by atoms with Crippen LogP contribution in [0.3, 0.4) is 0 Å². The lowest BCUT2D eigenvalue weighted by Crippen LogP contribution is -2.09. The van der Waals surface area contributed by atoms with Gasteiger partial charge in [0.25, 0.3) is 0 Å². The Morgan fingerprint density at radius 1 is 1.23 bits per heavy atom. The van der Waals surface area contributed by atoms with Crippen molar-refractivity contribution in [3.05, 3.63) is 54.0 Å². The van der Waals surface area contributed by atoms with E-state index < -0.39 is 0 Å². The third kappa shape index (κ3) is 2.19. The maximum Gasteiger partial charge on any atom is 0.144 e. The lowest BCUT2D eigenvalue weighted by Gasteiger charge is -2.09. The number of benzene rings is 1. The Kier molecular flexibility index (Phi) is 3.01. The number of hydrogen-bond acceptors (Lipinski definition) is 4. The molecule has 0 spiro atoms. The van der Waals surface area contributed by atoms with Gasteiger partial charge < -0.3 is 9.88 Å². The summed E-state index contributed by atoms with van der Waals surface area (Å²) in [5.41, 5.74) is 2.76. The first-order chi connectivity index (χ1) is 10.9. The number of anilines is 1. The van der Waals surface area contributed by atoms with Gasteiger partial charge in [-0.15, -0.1) is 0 Å². The second-order valence-electron chi connectivity index (χ2n) is 5.48. The van der Waals surface area contributed by atoms with E-state index in [2.05, 4.69) is 27.0 Å². The molecule has 2 aromatic heterocycles. The van der Waals surface area contributed by atoms with Crippen LogP contribution in [0.15, 0.2) is 42.6 Å². The molecular weight excluding hydrogens is 274 g/mol. The highest BCUT2D eigenvalue weighted by Crippen LogP contribution is 2.38. The number of fused-ring (bicyclic) bond motifs is 1. The first-order valence-electron chi connectivity index (χ1n) is 7.41. The number of pyridine rings is 1. The quantitative estimate of drug-likeness (QED) is 0.800. The molecule has 0 unspecified atom stereocenters. The zero-order chi connectivity index (χ0) is 14.9. The molecule has 2 heterocycles. The third-order valence-electron chi connectivity index (χ3n) is 3.92. The SMILES string of the molecule is N#Cc1cccnc1NCc1nc2ccccc2n1C1CC1. The molecule has 0 atom stereocenters. The highest BCUT2D eigenvalue weighted by molar-refractivity contribution is 5.76. The van der Waals surface area contributed by atoms with Crippen LogP contribution < -0.4 is 5.32 Å². The van der Waals surface area contributed by atoms with E-state index in [0.717, 1.165) is 11.3 Å². The van der Waals surface area contributed by atoms with Gasteiger partial charge in [0.05, 0.1) is 23.1 Å². The lowest BCUT2D eigenvalue weighted by atomic mass is 10.3. The maximum atomic E-state index is 9.13. The number of hydrogen-bond donors (Lipinski definition) is 1. The molecule has 1 saturated carbocycles. The summed E-state index contributed by atoms with van der Waals surface area (Å²) in [6.07, 6.45) is 4.10. The average molecular weight is 289 g/mol. The highest BCUT2D eigenvalue weighted by atomic mass is 15.2. The zero-order valence-corrected chi connectivity index (χ0v) is 12.0. The summed E-state index contributed by atoms with van der Waals surface area (Å²) in [4.78, 5) is 8.97. The molecule has 0 bridgehead atoms. The summed E-state index contributed by atoms with van der Waals surface area (Å²) in [6.45, 7) is 0.566. The molecular formula is C17H15N5. The van der Waals surface area contributed by atoms with E-state index in [9.17, 15) is 0 Å². The Labute approximate surface area is 128 Å². The number of nitriles is 1. The van der Waals surface area contributed by atoms with Crippen molar-refractivity contribution in [1.29, 1.82) is 5.26 Å². The van der Waals surface area contributed by atoms with E-state index in [0.29, 0.717) is 24.0 Å². The largest absolute Gasteiger partial charge is 0.362 e. The van der Waals surface area contributed by atoms with Gasteiger partial charge in [-0.25, -0.2) is 9.97 Å². The molecule has 3 aromatic rings. The Bertz CT molecular complexity index is 870. The summed E-state index contributed by atoms with van der Waals surface area (Å²) in [5, 5.41) is 12.4. The van der Waals surface area contributed by atoms with Crippen molar-refractivity contribution >= 4 is 16.9 Å². The van der Waals surface area contributed by atoms with E-state index >= 15 is 0 Å². The fraction of sp³-hybridized carbons (Fsp3) is 0.235. The van der Waals surface area contributed by atoms with Crippen LogP contribution in [0.25, 0.3) is 11.0 Å². The second-order valence-corrected chi connectivity index (χ2v) is 5.48. The van der Waals surface area contributed by atoms with Gasteiger partial charge >= 0.3 is 0 Å². The zero-order valence-electron chi connectivity index (χ0n) is 12.0. The average Bonchev–Trinajstić information content (AvgIpc) is 3.33. The van der Waals surface area contributed by atoms with Crippen LogP contribution >= 0.6 is 0 Å². The molecule has 4 rings (SSSR count). The van der Waals surface area contributed by atoms with E-state index in [1.165, 1.54) is 18.4 Å². The topological polar surface area (TPSA) is 66.5 Å². The predicted octanol–water partition coefficient (Wildman–Crippen LogP) is 3.25. The molecule has 1 aliphatic rings. The molecule has 1 aliphatic carbocycles. The highest BCUT2D eigenvalue weighted by Gasteiger charge is 2.27. The molecule has 108 valence electrons. The monoisotopic (exact) mass is 289 g/mol. The van der Waals surface area contributed by atoms with Crippen molar-refractivity contribution in [1.82, 2.24) is 14.5 Å². The Hall–Kier alpha value is -2.87. The fourth-order valence-electron chi connectivity index (χ4n) is 2.76. The molecule has 1 fully saturated rings. The smallest absolute Gasteiger partial charge is 0.144 e. The number of aromatic nitrogens is 3. The van der Waals surface area contributed by atoms with E-state index in [1.807, 2.05) is 18.2 Å². The van der Waals surface area contributed by atoms with Gasteiger partial charge in [-0.3, -0.25) is 0 Å². The van der Waals surface area contributed by atoms with E-state index in [1.54, 1.807) is 18.3 Å². The van der Waals surface area contributed by atoms with Crippen molar-refractivity contribution in [2.45, 2.75) is 25.4 Å². The minimum absolute atomic E-state index is 0.552. The van der Waals surface area contributed by atoms with Crippen molar-refractivity contribution in [2.24, 2.45) is 0 Å². The summed E-state index contributed by atoms with van der Waals surface area (Å²) >= 11 is 0. The number of nitrogens with zero attached hydrogens (tertiary/aromatic N) is 4. The van der Waals surface area contributed by atoms with Gasteiger partial charge in [-0.2, -0.15) is 5.26 Å². The first-order valence-corrected chi connectivity index (χ1v) is 7.41. The van der Waals surface area contributed by atoms with Crippen LogP contribution in [-0.4, -0.2) is 14.5 Å². The van der Waals surface area contributed by atoms with Crippen LogP contribution in [0.2, 0.25) is 0 Å². The standard InChI is InChI=1S/C17H15N5/c18-10-12-4-3-9-19-17(12)20-11-16-21-14-5-1-2-6-15(14)22(16)13-7-8-13/h1-6,9,13H,7-8,11H2,(H,19,20). The summed E-state index contributed by atoms with van der Waals surface area (Å²) in [5.74, 6) is 1.61. The van der Waals surface area contributed by atoms with E-state index in [4.69, 9.17) is 10.2 Å². The Balaban J connectivity index is 1.67. The normalized spacial score (nSPS) is 14.0. The lowest BCUT2D eigenvalue weighted by molar-refractivity contribution is 0.710. The van der Waals surface area contributed by atoms with Gasteiger partial charge in [0.2, 0.25) is 0 Å². The molecule has 0 radical (unpaired) electrons. The van der Waals surface area contributed by atoms with Crippen LogP contribution in [0, 0.1) is 11.3 Å². The molecule has 5 heteroatoms. The Morgan fingerprint density at radius 3 is 2.91 bits per heavy atom. The molecule has 0 saturated heterocycles. The number of imidazole rings is 1. The van der Waals surface area contributed by atoms with Crippen molar-refractivity contribution in [2.75, 3.05) is 5.32 Å². The number of rotatable bonds is 4. The van der Waals surface area contributed by atoms with Gasteiger partial charge in [0.15, 0.2) is 0 Å². The minimum Gasteiger partial charge on any atom is -0.362 e. The van der Waals surface area contributed by atoms with Gasteiger partial charge in [-0.1, -0.05) is 12.1 Å². The molecule has 0 amide bonds. The van der Waals surface area contributed by atoms with Gasteiger partial charge in [0, 0.05) is 12.2 Å². The van der Waals surface area contributed by atoms with Crippen LogP contribution in [0.4, 0.5) is 5.82 Å².